The Morgan fingerprint density at radius 3 is 2.07 bits per heavy atom. The Balaban J connectivity index is 2.09. The lowest BCUT2D eigenvalue weighted by Gasteiger charge is -2.18. The van der Waals surface area contributed by atoms with Gasteiger partial charge in [-0.2, -0.15) is 0 Å². The average molecular weight is 410 g/mol. The molecule has 2 aromatic rings. The monoisotopic (exact) mass is 410 g/mol. The standard InChI is InChI=1S/C20H12NO9/c1-3-14(22)27-8-9-28-17(23)10-4-5-11-16-12(19(25)29-18(11)24)6-7-13(15(10)16)20(26)30-21-2/h2-7H,1,8-9H2/q+1. The zero-order valence-corrected chi connectivity index (χ0v) is 15.2. The van der Waals surface area contributed by atoms with E-state index in [1.165, 1.54) is 24.3 Å². The zero-order chi connectivity index (χ0) is 21.8. The molecule has 0 bridgehead atoms. The molecule has 0 spiro atoms. The summed E-state index contributed by atoms with van der Waals surface area (Å²) in [6, 6.07) is 4.94. The van der Waals surface area contributed by atoms with Crippen LogP contribution in [0.2, 0.25) is 0 Å². The molecule has 0 saturated heterocycles. The van der Waals surface area contributed by atoms with E-state index in [0.717, 1.165) is 6.08 Å². The number of hydrogen-bond donors (Lipinski definition) is 0. The normalized spacial score (nSPS) is 11.8. The molecule has 1 aliphatic heterocycles. The number of ether oxygens (including phenoxy) is 3. The van der Waals surface area contributed by atoms with Crippen molar-refractivity contribution in [2.75, 3.05) is 13.2 Å². The summed E-state index contributed by atoms with van der Waals surface area (Å²) in [4.78, 5) is 64.6. The maximum Gasteiger partial charge on any atom is 0.430 e. The highest BCUT2D eigenvalue weighted by molar-refractivity contribution is 6.26. The summed E-state index contributed by atoms with van der Waals surface area (Å²) in [7, 11) is 0. The van der Waals surface area contributed by atoms with Gasteiger partial charge < -0.3 is 14.2 Å². The number of benzene rings is 2. The lowest BCUT2D eigenvalue weighted by Crippen LogP contribution is -2.22. The second kappa shape index (κ2) is 8.24. The minimum absolute atomic E-state index is 0.0234. The van der Waals surface area contributed by atoms with Gasteiger partial charge in [0.1, 0.15) is 13.2 Å². The van der Waals surface area contributed by atoms with Crippen molar-refractivity contribution in [2.24, 2.45) is 0 Å². The maximum absolute atomic E-state index is 12.6. The topological polar surface area (TPSA) is 127 Å². The number of carbonyl (C=O) groups is 5. The van der Waals surface area contributed by atoms with E-state index in [-0.39, 0.29) is 46.2 Å². The molecule has 10 nitrogen and oxygen atoms in total. The van der Waals surface area contributed by atoms with Crippen LogP contribution in [0.25, 0.3) is 15.8 Å². The predicted molar refractivity (Wildman–Crippen MR) is 98.9 cm³/mol. The third-order valence-corrected chi connectivity index (χ3v) is 4.09. The van der Waals surface area contributed by atoms with Gasteiger partial charge in [-0.3, -0.25) is 0 Å². The summed E-state index contributed by atoms with van der Waals surface area (Å²) in [5.74, 6) is -4.51. The van der Waals surface area contributed by atoms with E-state index in [1.54, 1.807) is 0 Å². The van der Waals surface area contributed by atoms with Gasteiger partial charge in [0.05, 0.1) is 22.3 Å². The van der Waals surface area contributed by atoms with E-state index in [9.17, 15) is 24.0 Å². The highest BCUT2D eigenvalue weighted by atomic mass is 16.7. The molecule has 10 heteroatoms. The van der Waals surface area contributed by atoms with Crippen molar-refractivity contribution in [1.29, 1.82) is 0 Å². The molecule has 0 fully saturated rings. The van der Waals surface area contributed by atoms with Crippen molar-refractivity contribution in [3.63, 3.8) is 0 Å². The van der Waals surface area contributed by atoms with E-state index in [0.29, 0.717) is 0 Å². The molecule has 0 aromatic heterocycles. The number of esters is 4. The van der Waals surface area contributed by atoms with Crippen molar-refractivity contribution >= 4 is 40.6 Å². The van der Waals surface area contributed by atoms with Crippen molar-refractivity contribution in [2.45, 2.75) is 0 Å². The third-order valence-electron chi connectivity index (χ3n) is 4.09. The first-order valence-corrected chi connectivity index (χ1v) is 8.33. The smallest absolute Gasteiger partial charge is 0.430 e. The van der Waals surface area contributed by atoms with Crippen LogP contribution in [0.1, 0.15) is 41.4 Å². The number of hydrogen-bond acceptors (Lipinski definition) is 9. The van der Waals surface area contributed by atoms with Crippen molar-refractivity contribution in [3.8, 4) is 6.57 Å². The fourth-order valence-electron chi connectivity index (χ4n) is 2.88. The van der Waals surface area contributed by atoms with Gasteiger partial charge in [-0.1, -0.05) is 11.4 Å². The first kappa shape index (κ1) is 20.2. The molecule has 1 aliphatic rings. The number of nitrogens with zero attached hydrogens (tertiary/aromatic N) is 1. The van der Waals surface area contributed by atoms with E-state index in [1.807, 2.05) is 0 Å². The molecule has 30 heavy (non-hydrogen) atoms. The maximum atomic E-state index is 12.6. The lowest BCUT2D eigenvalue weighted by molar-refractivity contribution is -0.138. The molecular formula is C20H12NO9+. The number of carbonyl (C=O) groups excluding carboxylic acids is 5. The van der Waals surface area contributed by atoms with E-state index >= 15 is 0 Å². The minimum Gasteiger partial charge on any atom is -0.459 e. The summed E-state index contributed by atoms with van der Waals surface area (Å²) < 4.78 is 14.4. The predicted octanol–water partition coefficient (Wildman–Crippen LogP) is 2.07. The van der Waals surface area contributed by atoms with Gasteiger partial charge >= 0.3 is 36.4 Å². The van der Waals surface area contributed by atoms with Gasteiger partial charge in [0.15, 0.2) is 0 Å². The summed E-state index contributed by atoms with van der Waals surface area (Å²) in [5, 5.41) is 2.76. The Morgan fingerprint density at radius 1 is 0.933 bits per heavy atom. The molecule has 0 radical (unpaired) electrons. The highest BCUT2D eigenvalue weighted by Gasteiger charge is 2.33. The summed E-state index contributed by atoms with van der Waals surface area (Å²) in [6.07, 6.45) is 0.949. The quantitative estimate of drug-likeness (QED) is 0.176. The van der Waals surface area contributed by atoms with Crippen LogP contribution in [0.3, 0.4) is 0 Å². The van der Waals surface area contributed by atoms with Crippen molar-refractivity contribution in [3.05, 3.63) is 64.2 Å². The van der Waals surface area contributed by atoms with Crippen LogP contribution in [0.15, 0.2) is 36.9 Å². The summed E-state index contributed by atoms with van der Waals surface area (Å²) in [5.41, 5.74) is -0.389. The molecule has 0 N–H and O–H groups in total. The van der Waals surface area contributed by atoms with E-state index < -0.39 is 29.8 Å². The van der Waals surface area contributed by atoms with Crippen LogP contribution in [0.4, 0.5) is 0 Å². The van der Waals surface area contributed by atoms with Crippen molar-refractivity contribution in [1.82, 2.24) is 0 Å². The molecule has 3 rings (SSSR count). The van der Waals surface area contributed by atoms with Crippen LogP contribution < -0.4 is 0 Å². The Labute approximate surface area is 168 Å². The fraction of sp³-hybridized carbons (Fsp3) is 0.100. The molecule has 0 amide bonds. The van der Waals surface area contributed by atoms with Crippen molar-refractivity contribution < 1.29 is 43.0 Å². The largest absolute Gasteiger partial charge is 0.459 e. The first-order valence-electron chi connectivity index (χ1n) is 8.33. The summed E-state index contributed by atoms with van der Waals surface area (Å²) >= 11 is 0. The first-order chi connectivity index (χ1) is 14.4. The molecule has 0 unspecified atom stereocenters. The average Bonchev–Trinajstić information content (AvgIpc) is 2.73. The van der Waals surface area contributed by atoms with Crippen LogP contribution >= 0.6 is 0 Å². The third kappa shape index (κ3) is 3.59. The van der Waals surface area contributed by atoms with Gasteiger partial charge in [-0.25, -0.2) is 24.0 Å². The molecule has 0 saturated carbocycles. The Kier molecular flexibility index (Phi) is 5.55. The van der Waals surface area contributed by atoms with Gasteiger partial charge in [-0.05, 0) is 24.3 Å². The molecule has 0 aliphatic carbocycles. The molecule has 2 aromatic carbocycles. The zero-order valence-electron chi connectivity index (χ0n) is 15.2. The minimum atomic E-state index is -1.03. The fourth-order valence-corrected chi connectivity index (χ4v) is 2.88. The SMILES string of the molecule is C#[N+]OC(=O)c1ccc2c3c(ccc(C(=O)OCCOC(=O)C=C)c13)C(=O)OC2=O. The molecule has 1 heterocycles. The van der Waals surface area contributed by atoms with Crippen LogP contribution in [-0.2, 0) is 23.8 Å². The van der Waals surface area contributed by atoms with Gasteiger partial charge in [-0.15, -0.1) is 0 Å². The molecule has 0 atom stereocenters. The Hall–Kier alpha value is -4.52. The Morgan fingerprint density at radius 2 is 1.50 bits per heavy atom. The van der Waals surface area contributed by atoms with Crippen LogP contribution in [-0.4, -0.2) is 43.1 Å². The van der Waals surface area contributed by atoms with Gasteiger partial charge in [0.2, 0.25) is 5.01 Å². The van der Waals surface area contributed by atoms with E-state index in [4.69, 9.17) is 16.0 Å². The number of cyclic esters (lactones) is 2. The van der Waals surface area contributed by atoms with Gasteiger partial charge in [0.25, 0.3) is 0 Å². The highest BCUT2D eigenvalue weighted by Crippen LogP contribution is 2.34. The van der Waals surface area contributed by atoms with E-state index in [2.05, 4.69) is 21.2 Å². The molecular weight excluding hydrogens is 398 g/mol. The van der Waals surface area contributed by atoms with Crippen LogP contribution in [0.5, 0.6) is 0 Å². The van der Waals surface area contributed by atoms with Crippen LogP contribution in [0, 0.1) is 6.57 Å². The summed E-state index contributed by atoms with van der Waals surface area (Å²) in [6.45, 7) is 7.59. The second-order valence-electron chi connectivity index (χ2n) is 5.74. The van der Waals surface area contributed by atoms with Gasteiger partial charge in [0, 0.05) is 16.8 Å². The molecule has 150 valence electrons. The lowest BCUT2D eigenvalue weighted by atomic mass is 9.90. The number of rotatable bonds is 6. The second-order valence-corrected chi connectivity index (χ2v) is 5.74. The Bertz CT molecular complexity index is 1150.